The molecule has 0 atom stereocenters. The van der Waals surface area contributed by atoms with Gasteiger partial charge in [-0.2, -0.15) is 13.2 Å². The maximum absolute atomic E-state index is 12.4. The quantitative estimate of drug-likeness (QED) is 0.907. The number of piperidine rings is 1. The Morgan fingerprint density at radius 3 is 2.45 bits per heavy atom. The predicted octanol–water partition coefficient (Wildman–Crippen LogP) is 3.01. The number of pyridine rings is 1. The van der Waals surface area contributed by atoms with Gasteiger partial charge in [-0.1, -0.05) is 0 Å². The molecule has 1 aliphatic heterocycles. The molecule has 2 aliphatic rings. The molecule has 2 fully saturated rings. The summed E-state index contributed by atoms with van der Waals surface area (Å²) in [6, 6.07) is 2.32. The van der Waals surface area contributed by atoms with Gasteiger partial charge in [-0.25, -0.2) is 4.98 Å². The molecule has 0 bridgehead atoms. The van der Waals surface area contributed by atoms with Crippen molar-refractivity contribution in [3.05, 3.63) is 24.0 Å². The van der Waals surface area contributed by atoms with Crippen LogP contribution in [0.25, 0.3) is 0 Å². The highest BCUT2D eigenvalue weighted by atomic mass is 19.4. The Morgan fingerprint density at radius 1 is 1.20 bits per heavy atom. The zero-order chi connectivity index (χ0) is 14.2. The first-order valence-corrected chi connectivity index (χ1v) is 6.88. The highest BCUT2D eigenvalue weighted by Gasteiger charge is 2.45. The van der Waals surface area contributed by atoms with Crippen molar-refractivity contribution in [2.45, 2.75) is 38.0 Å². The van der Waals surface area contributed by atoms with Crippen molar-refractivity contribution in [2.24, 2.45) is 5.41 Å². The molecule has 1 saturated carbocycles. The molecule has 1 aliphatic carbocycles. The summed E-state index contributed by atoms with van der Waals surface area (Å²) in [5, 5.41) is 3.34. The van der Waals surface area contributed by atoms with Gasteiger partial charge in [0, 0.05) is 0 Å². The molecule has 1 saturated heterocycles. The van der Waals surface area contributed by atoms with Crippen molar-refractivity contribution in [1.29, 1.82) is 0 Å². The van der Waals surface area contributed by atoms with Gasteiger partial charge in [-0.05, 0) is 56.3 Å². The van der Waals surface area contributed by atoms with Gasteiger partial charge < -0.3 is 10.1 Å². The molecule has 1 N–H and O–H groups in total. The number of nitrogens with zero attached hydrogens (tertiary/aromatic N) is 1. The van der Waals surface area contributed by atoms with Crippen molar-refractivity contribution in [3.63, 3.8) is 0 Å². The van der Waals surface area contributed by atoms with Crippen LogP contribution in [0.5, 0.6) is 5.75 Å². The molecule has 0 unspecified atom stereocenters. The van der Waals surface area contributed by atoms with Crippen LogP contribution in [0.2, 0.25) is 0 Å². The van der Waals surface area contributed by atoms with E-state index in [4.69, 9.17) is 4.74 Å². The zero-order valence-corrected chi connectivity index (χ0v) is 11.0. The SMILES string of the molecule is FC(F)(F)c1ccc(OC2CC3(CCNCC3)C2)cn1. The number of alkyl halides is 3. The second-order valence-corrected chi connectivity index (χ2v) is 5.78. The molecule has 110 valence electrons. The normalized spacial score (nSPS) is 22.6. The van der Waals surface area contributed by atoms with E-state index < -0.39 is 11.9 Å². The number of nitrogens with one attached hydrogen (secondary N) is 1. The summed E-state index contributed by atoms with van der Waals surface area (Å²) in [7, 11) is 0. The number of ether oxygens (including phenoxy) is 1. The fourth-order valence-electron chi connectivity index (χ4n) is 3.16. The van der Waals surface area contributed by atoms with Gasteiger partial charge in [0.2, 0.25) is 0 Å². The molecular formula is C14H17F3N2O. The fourth-order valence-corrected chi connectivity index (χ4v) is 3.16. The van der Waals surface area contributed by atoms with E-state index in [0.717, 1.165) is 51.0 Å². The summed E-state index contributed by atoms with van der Waals surface area (Å²) in [5.41, 5.74) is -0.483. The van der Waals surface area contributed by atoms with E-state index in [1.54, 1.807) is 0 Å². The topological polar surface area (TPSA) is 34.1 Å². The molecule has 20 heavy (non-hydrogen) atoms. The Balaban J connectivity index is 1.55. The third kappa shape index (κ3) is 2.75. The molecule has 1 aromatic heterocycles. The molecule has 0 amide bonds. The number of aromatic nitrogens is 1. The first-order chi connectivity index (χ1) is 9.47. The fraction of sp³-hybridized carbons (Fsp3) is 0.643. The molecule has 2 heterocycles. The standard InChI is InChI=1S/C14H17F3N2O/c15-14(16,17)12-2-1-10(9-19-12)20-11-7-13(8-11)3-5-18-6-4-13/h1-2,9,11,18H,3-8H2. The lowest BCUT2D eigenvalue weighted by Crippen LogP contribution is -2.49. The molecule has 1 spiro atoms. The molecule has 3 nitrogen and oxygen atoms in total. The number of rotatable bonds is 2. The van der Waals surface area contributed by atoms with Crippen LogP contribution in [0.15, 0.2) is 18.3 Å². The largest absolute Gasteiger partial charge is 0.489 e. The Morgan fingerprint density at radius 2 is 1.90 bits per heavy atom. The third-order valence-electron chi connectivity index (χ3n) is 4.32. The van der Waals surface area contributed by atoms with Crippen molar-refractivity contribution in [3.8, 4) is 5.75 Å². The van der Waals surface area contributed by atoms with Gasteiger partial charge in [-0.15, -0.1) is 0 Å². The number of hydrogen-bond donors (Lipinski definition) is 1. The summed E-state index contributed by atoms with van der Waals surface area (Å²) in [5.74, 6) is 0.423. The van der Waals surface area contributed by atoms with Crippen molar-refractivity contribution in [1.82, 2.24) is 10.3 Å². The van der Waals surface area contributed by atoms with Crippen LogP contribution in [0.1, 0.15) is 31.4 Å². The molecule has 6 heteroatoms. The van der Waals surface area contributed by atoms with Crippen LogP contribution in [-0.2, 0) is 6.18 Å². The first-order valence-electron chi connectivity index (χ1n) is 6.88. The maximum Gasteiger partial charge on any atom is 0.433 e. The highest BCUT2D eigenvalue weighted by molar-refractivity contribution is 5.22. The third-order valence-corrected chi connectivity index (χ3v) is 4.32. The average Bonchev–Trinajstić information content (AvgIpc) is 2.38. The Kier molecular flexibility index (Phi) is 3.36. The summed E-state index contributed by atoms with van der Waals surface area (Å²) < 4.78 is 42.9. The van der Waals surface area contributed by atoms with E-state index in [1.807, 2.05) is 0 Å². The highest BCUT2D eigenvalue weighted by Crippen LogP contribution is 2.49. The molecule has 3 rings (SSSR count). The lowest BCUT2D eigenvalue weighted by atomic mass is 9.62. The van der Waals surface area contributed by atoms with Crippen LogP contribution < -0.4 is 10.1 Å². The minimum Gasteiger partial charge on any atom is -0.489 e. The molecule has 0 aromatic carbocycles. The second kappa shape index (κ2) is 4.91. The first kappa shape index (κ1) is 13.7. The van der Waals surface area contributed by atoms with Crippen LogP contribution in [0.4, 0.5) is 13.2 Å². The van der Waals surface area contributed by atoms with Gasteiger partial charge >= 0.3 is 6.18 Å². The Labute approximate surface area is 115 Å². The van der Waals surface area contributed by atoms with E-state index in [9.17, 15) is 13.2 Å². The van der Waals surface area contributed by atoms with Gasteiger partial charge in [0.1, 0.15) is 11.4 Å². The zero-order valence-electron chi connectivity index (χ0n) is 11.0. The van der Waals surface area contributed by atoms with Crippen molar-refractivity contribution in [2.75, 3.05) is 13.1 Å². The van der Waals surface area contributed by atoms with Gasteiger partial charge in [0.25, 0.3) is 0 Å². The van der Waals surface area contributed by atoms with Crippen LogP contribution in [0.3, 0.4) is 0 Å². The van der Waals surface area contributed by atoms with Gasteiger partial charge in [0.05, 0.1) is 12.3 Å². The lowest BCUT2D eigenvalue weighted by Gasteiger charge is -2.49. The van der Waals surface area contributed by atoms with E-state index >= 15 is 0 Å². The monoisotopic (exact) mass is 286 g/mol. The summed E-state index contributed by atoms with van der Waals surface area (Å²) in [4.78, 5) is 3.41. The Hall–Kier alpha value is -1.30. The smallest absolute Gasteiger partial charge is 0.433 e. The molecular weight excluding hydrogens is 269 g/mol. The minimum absolute atomic E-state index is 0.117. The predicted molar refractivity (Wildman–Crippen MR) is 67.4 cm³/mol. The van der Waals surface area contributed by atoms with Crippen LogP contribution >= 0.6 is 0 Å². The van der Waals surface area contributed by atoms with E-state index in [0.29, 0.717) is 11.2 Å². The number of halogens is 3. The van der Waals surface area contributed by atoms with E-state index in [1.165, 1.54) is 6.07 Å². The maximum atomic E-state index is 12.4. The van der Waals surface area contributed by atoms with Crippen LogP contribution in [0, 0.1) is 5.41 Å². The van der Waals surface area contributed by atoms with Gasteiger partial charge in [0.15, 0.2) is 0 Å². The second-order valence-electron chi connectivity index (χ2n) is 5.78. The summed E-state index contributed by atoms with van der Waals surface area (Å²) in [6.07, 6.45) is 1.21. The van der Waals surface area contributed by atoms with Crippen molar-refractivity contribution >= 4 is 0 Å². The van der Waals surface area contributed by atoms with Crippen molar-refractivity contribution < 1.29 is 17.9 Å². The van der Waals surface area contributed by atoms with E-state index in [2.05, 4.69) is 10.3 Å². The van der Waals surface area contributed by atoms with Crippen LogP contribution in [-0.4, -0.2) is 24.2 Å². The van der Waals surface area contributed by atoms with E-state index in [-0.39, 0.29) is 6.10 Å². The number of hydrogen-bond acceptors (Lipinski definition) is 3. The average molecular weight is 286 g/mol. The minimum atomic E-state index is -4.39. The summed E-state index contributed by atoms with van der Waals surface area (Å²) in [6.45, 7) is 2.10. The lowest BCUT2D eigenvalue weighted by molar-refractivity contribution is -0.141. The summed E-state index contributed by atoms with van der Waals surface area (Å²) >= 11 is 0. The molecule has 0 radical (unpaired) electrons. The Bertz CT molecular complexity index is 458. The van der Waals surface area contributed by atoms with Gasteiger partial charge in [-0.3, -0.25) is 0 Å². The molecule has 1 aromatic rings.